The van der Waals surface area contributed by atoms with E-state index < -0.39 is 10.0 Å². The van der Waals surface area contributed by atoms with Crippen LogP contribution in [-0.4, -0.2) is 15.0 Å². The van der Waals surface area contributed by atoms with Crippen molar-refractivity contribution in [2.75, 3.05) is 6.54 Å². The Morgan fingerprint density at radius 2 is 1.81 bits per heavy atom. The Morgan fingerprint density at radius 1 is 1.10 bits per heavy atom. The molecule has 2 rings (SSSR count). The summed E-state index contributed by atoms with van der Waals surface area (Å²) >= 11 is 3.28. The van der Waals surface area contributed by atoms with E-state index in [1.807, 2.05) is 18.2 Å². The highest BCUT2D eigenvalue weighted by Crippen LogP contribution is 2.19. The van der Waals surface area contributed by atoms with Gasteiger partial charge in [-0.15, -0.1) is 0 Å². The van der Waals surface area contributed by atoms with Gasteiger partial charge in [-0.3, -0.25) is 0 Å². The average Bonchev–Trinajstić information content (AvgIpc) is 2.48. The van der Waals surface area contributed by atoms with E-state index >= 15 is 0 Å². The lowest BCUT2D eigenvalue weighted by molar-refractivity contribution is 0.572. The number of rotatable bonds is 6. The van der Waals surface area contributed by atoms with Crippen molar-refractivity contribution >= 4 is 26.0 Å². The fourth-order valence-electron chi connectivity index (χ4n) is 2.08. The van der Waals surface area contributed by atoms with Crippen LogP contribution in [0.3, 0.4) is 0 Å². The van der Waals surface area contributed by atoms with Gasteiger partial charge < -0.3 is 0 Å². The lowest BCUT2D eigenvalue weighted by Crippen LogP contribution is -2.25. The molecule has 0 amide bonds. The maximum Gasteiger partial charge on any atom is 0.240 e. The third kappa shape index (κ3) is 4.66. The first-order valence-corrected chi connectivity index (χ1v) is 9.07. The maximum atomic E-state index is 12.2. The van der Waals surface area contributed by atoms with E-state index in [2.05, 4.69) is 39.7 Å². The fraction of sp³-hybridized carbons (Fsp3) is 0.250. The van der Waals surface area contributed by atoms with Crippen molar-refractivity contribution in [3.8, 4) is 0 Å². The summed E-state index contributed by atoms with van der Waals surface area (Å²) in [7, 11) is -3.44. The van der Waals surface area contributed by atoms with E-state index in [-0.39, 0.29) is 4.90 Å². The van der Waals surface area contributed by atoms with Gasteiger partial charge >= 0.3 is 0 Å². The number of nitrogens with one attached hydrogen (secondary N) is 1. The summed E-state index contributed by atoms with van der Waals surface area (Å²) in [5.74, 6) is 0.316. The van der Waals surface area contributed by atoms with Crippen LogP contribution in [0.15, 0.2) is 64.0 Å². The highest BCUT2D eigenvalue weighted by Gasteiger charge is 2.14. The van der Waals surface area contributed by atoms with Crippen LogP contribution in [0.5, 0.6) is 0 Å². The smallest absolute Gasteiger partial charge is 0.211 e. The molecule has 3 nitrogen and oxygen atoms in total. The van der Waals surface area contributed by atoms with E-state index in [0.29, 0.717) is 12.5 Å². The van der Waals surface area contributed by atoms with Crippen molar-refractivity contribution in [3.05, 3.63) is 64.6 Å². The maximum absolute atomic E-state index is 12.2. The van der Waals surface area contributed by atoms with Gasteiger partial charge in [-0.1, -0.05) is 59.3 Å². The zero-order valence-electron chi connectivity index (χ0n) is 11.8. The molecule has 21 heavy (non-hydrogen) atoms. The van der Waals surface area contributed by atoms with Gasteiger partial charge in [-0.2, -0.15) is 0 Å². The number of hydrogen-bond donors (Lipinski definition) is 1. The average molecular weight is 368 g/mol. The molecule has 0 fully saturated rings. The number of halogens is 1. The molecule has 0 aliphatic rings. The molecule has 0 saturated carbocycles. The highest BCUT2D eigenvalue weighted by molar-refractivity contribution is 9.10. The number of hydrogen-bond acceptors (Lipinski definition) is 2. The van der Waals surface area contributed by atoms with Crippen molar-refractivity contribution in [3.63, 3.8) is 0 Å². The monoisotopic (exact) mass is 367 g/mol. The van der Waals surface area contributed by atoms with Gasteiger partial charge in [0.15, 0.2) is 0 Å². The number of sulfonamides is 1. The summed E-state index contributed by atoms with van der Waals surface area (Å²) in [5, 5.41) is 0. The van der Waals surface area contributed by atoms with Crippen LogP contribution in [0.2, 0.25) is 0 Å². The molecular weight excluding hydrogens is 350 g/mol. The molecular formula is C16H18BrNO2S. The first kappa shape index (κ1) is 16.2. The Kier molecular flexibility index (Phi) is 5.56. The highest BCUT2D eigenvalue weighted by atomic mass is 79.9. The predicted octanol–water partition coefficient (Wildman–Crippen LogP) is 3.92. The summed E-state index contributed by atoms with van der Waals surface area (Å²) in [6.07, 6.45) is 0.761. The summed E-state index contributed by atoms with van der Waals surface area (Å²) in [5.41, 5.74) is 1.22. The van der Waals surface area contributed by atoms with E-state index in [1.54, 1.807) is 24.3 Å². The molecule has 5 heteroatoms. The molecule has 0 saturated heterocycles. The first-order valence-electron chi connectivity index (χ1n) is 6.79. The second-order valence-corrected chi connectivity index (χ2v) is 7.64. The molecule has 0 aliphatic heterocycles. The Labute approximate surface area is 134 Å². The van der Waals surface area contributed by atoms with Gasteiger partial charge in [0.05, 0.1) is 4.90 Å². The molecule has 0 bridgehead atoms. The predicted molar refractivity (Wildman–Crippen MR) is 88.8 cm³/mol. The van der Waals surface area contributed by atoms with E-state index in [9.17, 15) is 8.42 Å². The molecule has 0 aliphatic carbocycles. The molecule has 1 N–H and O–H groups in total. The summed E-state index contributed by atoms with van der Waals surface area (Å²) in [6.45, 7) is 2.52. The van der Waals surface area contributed by atoms with Crippen molar-refractivity contribution in [1.29, 1.82) is 0 Å². The minimum atomic E-state index is -3.44. The zero-order valence-corrected chi connectivity index (χ0v) is 14.2. The molecule has 2 aromatic rings. The van der Waals surface area contributed by atoms with E-state index in [1.165, 1.54) is 5.56 Å². The van der Waals surface area contributed by atoms with Gasteiger partial charge in [0.1, 0.15) is 0 Å². The third-order valence-electron chi connectivity index (χ3n) is 3.34. The first-order chi connectivity index (χ1) is 9.99. The molecule has 1 atom stereocenters. The largest absolute Gasteiger partial charge is 0.240 e. The van der Waals surface area contributed by atoms with Crippen molar-refractivity contribution in [2.45, 2.75) is 24.2 Å². The van der Waals surface area contributed by atoms with Gasteiger partial charge in [0.25, 0.3) is 0 Å². The van der Waals surface area contributed by atoms with Crippen LogP contribution >= 0.6 is 15.9 Å². The van der Waals surface area contributed by atoms with Crippen LogP contribution in [0.1, 0.15) is 24.8 Å². The minimum Gasteiger partial charge on any atom is -0.211 e. The topological polar surface area (TPSA) is 46.2 Å². The van der Waals surface area contributed by atoms with E-state index in [4.69, 9.17) is 0 Å². The van der Waals surface area contributed by atoms with Crippen LogP contribution in [0.4, 0.5) is 0 Å². The van der Waals surface area contributed by atoms with Crippen LogP contribution in [0, 0.1) is 0 Å². The molecule has 0 spiro atoms. The quantitative estimate of drug-likeness (QED) is 0.840. The van der Waals surface area contributed by atoms with Gasteiger partial charge in [0.2, 0.25) is 10.0 Å². The summed E-state index contributed by atoms with van der Waals surface area (Å²) in [4.78, 5) is 0.282. The Bertz CT molecular complexity index is 686. The summed E-state index contributed by atoms with van der Waals surface area (Å²) in [6, 6.07) is 16.8. The zero-order chi connectivity index (χ0) is 15.3. The molecule has 0 radical (unpaired) electrons. The molecule has 1 unspecified atom stereocenters. The third-order valence-corrected chi connectivity index (χ3v) is 5.30. The minimum absolute atomic E-state index is 0.282. The van der Waals surface area contributed by atoms with Crippen molar-refractivity contribution < 1.29 is 8.42 Å². The second-order valence-electron chi connectivity index (χ2n) is 4.96. The lowest BCUT2D eigenvalue weighted by atomic mass is 9.98. The van der Waals surface area contributed by atoms with Gasteiger partial charge in [-0.05, 0) is 36.1 Å². The van der Waals surface area contributed by atoms with Crippen LogP contribution in [-0.2, 0) is 10.0 Å². The fourth-order valence-corrected chi connectivity index (χ4v) is 3.72. The van der Waals surface area contributed by atoms with Crippen molar-refractivity contribution in [2.24, 2.45) is 0 Å². The normalized spacial score (nSPS) is 13.0. The Hall–Kier alpha value is -1.17. The molecule has 0 aromatic heterocycles. The molecule has 0 heterocycles. The van der Waals surface area contributed by atoms with Gasteiger partial charge in [0, 0.05) is 11.0 Å². The lowest BCUT2D eigenvalue weighted by Gasteiger charge is -2.12. The molecule has 2 aromatic carbocycles. The van der Waals surface area contributed by atoms with Crippen LogP contribution in [0.25, 0.3) is 0 Å². The van der Waals surface area contributed by atoms with Crippen molar-refractivity contribution in [1.82, 2.24) is 4.72 Å². The Balaban J connectivity index is 1.94. The van der Waals surface area contributed by atoms with Gasteiger partial charge in [-0.25, -0.2) is 13.1 Å². The number of benzene rings is 2. The molecule has 112 valence electrons. The SMILES string of the molecule is CC(CCNS(=O)(=O)c1cccc(Br)c1)c1ccccc1. The van der Waals surface area contributed by atoms with Crippen LogP contribution < -0.4 is 4.72 Å². The standard InChI is InChI=1S/C16H18BrNO2S/c1-13(14-6-3-2-4-7-14)10-11-18-21(19,20)16-9-5-8-15(17)12-16/h2-9,12-13,18H,10-11H2,1H3. The van der Waals surface area contributed by atoms with E-state index in [0.717, 1.165) is 10.9 Å². The second kappa shape index (κ2) is 7.20. The Morgan fingerprint density at radius 3 is 2.48 bits per heavy atom. The summed E-state index contributed by atoms with van der Waals surface area (Å²) < 4.78 is 27.7.